The Bertz CT molecular complexity index is 988. The van der Waals surface area contributed by atoms with Crippen LogP contribution >= 0.6 is 11.8 Å². The molecular formula is C21H21FN2O7S. The second kappa shape index (κ2) is 10.4. The second-order valence-electron chi connectivity index (χ2n) is 6.89. The van der Waals surface area contributed by atoms with Gasteiger partial charge in [-0.2, -0.15) is 0 Å². The van der Waals surface area contributed by atoms with Gasteiger partial charge in [0, 0.05) is 38.3 Å². The first kappa shape index (κ1) is 23.5. The van der Waals surface area contributed by atoms with Gasteiger partial charge < -0.3 is 18.9 Å². The lowest BCUT2D eigenvalue weighted by Gasteiger charge is -2.39. The van der Waals surface area contributed by atoms with Gasteiger partial charge >= 0.3 is 17.9 Å². The maximum absolute atomic E-state index is 13.4. The van der Waals surface area contributed by atoms with E-state index >= 15 is 0 Å². The summed E-state index contributed by atoms with van der Waals surface area (Å²) in [5.74, 6) is -1.67. The van der Waals surface area contributed by atoms with Crippen molar-refractivity contribution < 1.29 is 37.7 Å². The fourth-order valence-corrected chi connectivity index (χ4v) is 4.33. The van der Waals surface area contributed by atoms with Crippen LogP contribution in [0.1, 0.15) is 20.8 Å². The van der Waals surface area contributed by atoms with Gasteiger partial charge in [0.05, 0.1) is 18.1 Å². The van der Waals surface area contributed by atoms with Gasteiger partial charge in [0.1, 0.15) is 11.6 Å². The molecule has 3 rings (SSSR count). The molecule has 11 heteroatoms. The molecule has 0 amide bonds. The van der Waals surface area contributed by atoms with Crippen molar-refractivity contribution in [2.75, 3.05) is 5.75 Å². The summed E-state index contributed by atoms with van der Waals surface area (Å²) >= 11 is 1.24. The van der Waals surface area contributed by atoms with Gasteiger partial charge in [0.2, 0.25) is 0 Å². The molecule has 0 aromatic carbocycles. The Balaban J connectivity index is 1.81. The fourth-order valence-electron chi connectivity index (χ4n) is 3.12. The van der Waals surface area contributed by atoms with Gasteiger partial charge in [-0.1, -0.05) is 0 Å². The van der Waals surface area contributed by atoms with E-state index in [0.29, 0.717) is 17.0 Å². The summed E-state index contributed by atoms with van der Waals surface area (Å²) in [5, 5.41) is 0. The molecule has 0 bridgehead atoms. The molecule has 0 radical (unpaired) electrons. The predicted molar refractivity (Wildman–Crippen MR) is 111 cm³/mol. The largest absolute Gasteiger partial charge is 0.474 e. The number of aromatic nitrogens is 2. The van der Waals surface area contributed by atoms with E-state index in [0.717, 1.165) is 6.20 Å². The molecule has 1 saturated heterocycles. The number of ether oxygens (including phenoxy) is 4. The Kier molecular flexibility index (Phi) is 7.62. The zero-order valence-electron chi connectivity index (χ0n) is 17.5. The number of rotatable bonds is 6. The van der Waals surface area contributed by atoms with E-state index in [2.05, 4.69) is 9.97 Å². The minimum absolute atomic E-state index is 0.250. The Hall–Kier alpha value is -3.21. The second-order valence-corrected chi connectivity index (χ2v) is 8.02. The first-order valence-corrected chi connectivity index (χ1v) is 10.6. The van der Waals surface area contributed by atoms with Crippen molar-refractivity contribution >= 4 is 29.7 Å². The van der Waals surface area contributed by atoms with Gasteiger partial charge in [-0.05, 0) is 18.2 Å². The van der Waals surface area contributed by atoms with Crippen molar-refractivity contribution in [3.8, 4) is 17.0 Å². The lowest BCUT2D eigenvalue weighted by atomic mass is 10.1. The number of hydrogen-bond acceptors (Lipinski definition) is 10. The summed E-state index contributed by atoms with van der Waals surface area (Å²) in [6, 6.07) is 4.56. The number of carbonyl (C=O) groups excluding carboxylic acids is 3. The van der Waals surface area contributed by atoms with Gasteiger partial charge in [0.25, 0.3) is 0 Å². The quantitative estimate of drug-likeness (QED) is 0.467. The van der Waals surface area contributed by atoms with Gasteiger partial charge in [-0.3, -0.25) is 24.4 Å². The summed E-state index contributed by atoms with van der Waals surface area (Å²) in [6.07, 6.45) is 1.12. The summed E-state index contributed by atoms with van der Waals surface area (Å²) in [4.78, 5) is 42.9. The van der Waals surface area contributed by atoms with E-state index in [9.17, 15) is 18.8 Å². The average molecular weight is 464 g/mol. The number of hydrogen-bond donors (Lipinski definition) is 0. The van der Waals surface area contributed by atoms with E-state index in [1.54, 1.807) is 12.1 Å². The van der Waals surface area contributed by atoms with Crippen molar-refractivity contribution in [2.24, 2.45) is 0 Å². The van der Waals surface area contributed by atoms with Crippen LogP contribution in [0.25, 0.3) is 11.3 Å². The Morgan fingerprint density at radius 3 is 2.25 bits per heavy atom. The Morgan fingerprint density at radius 2 is 1.66 bits per heavy atom. The highest BCUT2D eigenvalue weighted by Crippen LogP contribution is 2.34. The zero-order chi connectivity index (χ0) is 23.3. The third-order valence-corrected chi connectivity index (χ3v) is 5.51. The first-order valence-electron chi connectivity index (χ1n) is 9.60. The monoisotopic (exact) mass is 464 g/mol. The van der Waals surface area contributed by atoms with Crippen LogP contribution in [-0.4, -0.2) is 57.4 Å². The van der Waals surface area contributed by atoms with Crippen LogP contribution in [0.5, 0.6) is 5.75 Å². The maximum atomic E-state index is 13.4. The van der Waals surface area contributed by atoms with Crippen LogP contribution in [0.15, 0.2) is 36.8 Å². The number of pyridine rings is 2. The van der Waals surface area contributed by atoms with E-state index in [-0.39, 0.29) is 5.75 Å². The molecule has 2 aromatic heterocycles. The molecule has 0 aliphatic carbocycles. The summed E-state index contributed by atoms with van der Waals surface area (Å²) < 4.78 is 35.3. The Labute approximate surface area is 187 Å². The van der Waals surface area contributed by atoms with Crippen LogP contribution in [0.2, 0.25) is 0 Å². The topological polar surface area (TPSA) is 114 Å². The predicted octanol–water partition coefficient (Wildman–Crippen LogP) is 2.53. The number of halogens is 1. The standard InChI is InChI=1S/C21H21FN2O7S/c1-11(25)28-18-10-32-21(20(30-13(3)27)19(18)29-12(2)26)31-16-4-5-17(24-9-16)14-6-15(22)8-23-7-14/h4-9,18-21H,10H2,1-3H3/t18-,19+,20-,21?/m1/s1. The lowest BCUT2D eigenvalue weighted by Crippen LogP contribution is -2.55. The SMILES string of the molecule is CC(=O)O[C@H]1[C@H](OC(C)=O)CSC(Oc2ccc(-c3cncc(F)c3)nc2)[C@@H]1OC(C)=O. The zero-order valence-corrected chi connectivity index (χ0v) is 18.3. The summed E-state index contributed by atoms with van der Waals surface area (Å²) in [6.45, 7) is 3.66. The maximum Gasteiger partial charge on any atom is 0.303 e. The molecule has 1 fully saturated rings. The van der Waals surface area contributed by atoms with Crippen LogP contribution in [0, 0.1) is 5.82 Å². The summed E-state index contributed by atoms with van der Waals surface area (Å²) in [7, 11) is 0. The highest BCUT2D eigenvalue weighted by molar-refractivity contribution is 7.99. The Morgan fingerprint density at radius 1 is 0.969 bits per heavy atom. The van der Waals surface area contributed by atoms with E-state index in [4.69, 9.17) is 18.9 Å². The highest BCUT2D eigenvalue weighted by atomic mass is 32.2. The molecule has 32 heavy (non-hydrogen) atoms. The van der Waals surface area contributed by atoms with Crippen LogP contribution in [-0.2, 0) is 28.6 Å². The molecule has 170 valence electrons. The fraction of sp³-hybridized carbons (Fsp3) is 0.381. The molecule has 0 spiro atoms. The molecule has 2 aromatic rings. The van der Waals surface area contributed by atoms with Gasteiger partial charge in [0.15, 0.2) is 23.7 Å². The third-order valence-electron chi connectivity index (χ3n) is 4.29. The number of thioether (sulfide) groups is 1. The molecule has 0 saturated carbocycles. The number of esters is 3. The number of carbonyl (C=O) groups is 3. The van der Waals surface area contributed by atoms with Crippen LogP contribution < -0.4 is 4.74 Å². The highest BCUT2D eigenvalue weighted by Gasteiger charge is 2.47. The lowest BCUT2D eigenvalue weighted by molar-refractivity contribution is -0.186. The van der Waals surface area contributed by atoms with E-state index in [1.165, 1.54) is 51.0 Å². The number of nitrogens with zero attached hydrogens (tertiary/aromatic N) is 2. The molecule has 4 atom stereocenters. The van der Waals surface area contributed by atoms with Gasteiger partial charge in [-0.15, -0.1) is 11.8 Å². The van der Waals surface area contributed by atoms with Crippen molar-refractivity contribution in [1.82, 2.24) is 9.97 Å². The molecule has 0 N–H and O–H groups in total. The normalized spacial score (nSPS) is 22.5. The minimum atomic E-state index is -1.04. The van der Waals surface area contributed by atoms with Crippen molar-refractivity contribution in [1.29, 1.82) is 0 Å². The molecule has 1 unspecified atom stereocenters. The van der Waals surface area contributed by atoms with Crippen LogP contribution in [0.3, 0.4) is 0 Å². The molecule has 9 nitrogen and oxygen atoms in total. The van der Waals surface area contributed by atoms with Crippen molar-refractivity contribution in [2.45, 2.75) is 44.5 Å². The van der Waals surface area contributed by atoms with Crippen molar-refractivity contribution in [3.05, 3.63) is 42.6 Å². The average Bonchev–Trinajstić information content (AvgIpc) is 2.72. The van der Waals surface area contributed by atoms with E-state index < -0.39 is 47.5 Å². The van der Waals surface area contributed by atoms with Crippen LogP contribution in [0.4, 0.5) is 4.39 Å². The minimum Gasteiger partial charge on any atom is -0.474 e. The first-order chi connectivity index (χ1) is 15.2. The smallest absolute Gasteiger partial charge is 0.303 e. The van der Waals surface area contributed by atoms with E-state index in [1.807, 2.05) is 0 Å². The molecule has 1 aliphatic heterocycles. The molecular weight excluding hydrogens is 443 g/mol. The molecule has 3 heterocycles. The third kappa shape index (κ3) is 6.16. The van der Waals surface area contributed by atoms with Gasteiger partial charge in [-0.25, -0.2) is 4.39 Å². The molecule has 1 aliphatic rings. The summed E-state index contributed by atoms with van der Waals surface area (Å²) in [5.41, 5.74) is 0.226. The van der Waals surface area contributed by atoms with Crippen molar-refractivity contribution in [3.63, 3.8) is 0 Å².